The lowest BCUT2D eigenvalue weighted by Gasteiger charge is -2.47. The quantitative estimate of drug-likeness (QED) is 0.0607. The zero-order chi connectivity index (χ0) is 41.7. The Morgan fingerprint density at radius 1 is 0.709 bits per heavy atom. The number of hydrogen-bond acceptors (Lipinski definition) is 3. The second-order valence-corrected chi connectivity index (χ2v) is 18.6. The van der Waals surface area contributed by atoms with Crippen molar-refractivity contribution in [3.8, 4) is 0 Å². The van der Waals surface area contributed by atoms with E-state index in [0.29, 0.717) is 6.10 Å². The normalized spacial score (nSPS) is 18.8. The maximum Gasteiger partial charge on any atom is 0.0575 e. The molecule has 3 unspecified atom stereocenters. The summed E-state index contributed by atoms with van der Waals surface area (Å²) in [5, 5.41) is 8.20. The van der Waals surface area contributed by atoms with E-state index in [-0.39, 0.29) is 6.61 Å². The standard InChI is InChI=1S/C34H64O.C12H22.C4H11NO.C2H6/c1-9-10-11-12-13-20-31(6)23-16-25-34(26-17-24-32(7)21-14-18-29(2)3)35-28-27-33(8)22-15-19-30(4)5;1-2-3-7-12-8-4-11(5-9-12)6-10-12;1-5(2)3-4-6;1-2/h18-19,32-34H,6,9-17,20-28H2,1-5,7-8H3;11H,2-10H2,1H3;6H,3-4H2,1-2H3;1-2H3. The van der Waals surface area contributed by atoms with E-state index in [4.69, 9.17) is 9.84 Å². The Morgan fingerprint density at radius 2 is 1.22 bits per heavy atom. The summed E-state index contributed by atoms with van der Waals surface area (Å²) < 4.78 is 6.49. The molecule has 0 amide bonds. The van der Waals surface area contributed by atoms with E-state index in [1.165, 1.54) is 145 Å². The molecule has 3 fully saturated rings. The minimum atomic E-state index is 0.257. The molecule has 328 valence electrons. The van der Waals surface area contributed by atoms with Crippen molar-refractivity contribution in [1.82, 2.24) is 4.90 Å². The number of rotatable bonds is 29. The third kappa shape index (κ3) is 36.0. The zero-order valence-electron chi connectivity index (χ0n) is 40.0. The number of fused-ring (bicyclic) bond motifs is 3. The maximum atomic E-state index is 8.20. The van der Waals surface area contributed by atoms with Gasteiger partial charge in [-0.25, -0.2) is 0 Å². The predicted octanol–water partition coefficient (Wildman–Crippen LogP) is 16.5. The van der Waals surface area contributed by atoms with Gasteiger partial charge in [-0.3, -0.25) is 0 Å². The fourth-order valence-corrected chi connectivity index (χ4v) is 8.19. The zero-order valence-corrected chi connectivity index (χ0v) is 40.0. The Balaban J connectivity index is 0. The van der Waals surface area contributed by atoms with Crippen molar-refractivity contribution in [3.63, 3.8) is 0 Å². The summed E-state index contributed by atoms with van der Waals surface area (Å²) in [6.45, 7) is 28.5. The highest BCUT2D eigenvalue weighted by Crippen LogP contribution is 2.52. The van der Waals surface area contributed by atoms with E-state index in [1.807, 2.05) is 32.8 Å². The minimum absolute atomic E-state index is 0.257. The number of aliphatic hydroxyl groups excluding tert-OH is 1. The highest BCUT2D eigenvalue weighted by atomic mass is 16.5. The number of likely N-dealkylation sites (N-methyl/N-ethyl adjacent to an activating group) is 1. The Hall–Kier alpha value is -0.900. The summed E-state index contributed by atoms with van der Waals surface area (Å²) in [5.74, 6) is 2.69. The highest BCUT2D eigenvalue weighted by molar-refractivity contribution is 4.95. The van der Waals surface area contributed by atoms with E-state index in [0.717, 1.165) is 36.3 Å². The minimum Gasteiger partial charge on any atom is -0.395 e. The van der Waals surface area contributed by atoms with Gasteiger partial charge in [0.25, 0.3) is 0 Å². The summed E-state index contributed by atoms with van der Waals surface area (Å²) in [6.07, 6.45) is 40.7. The van der Waals surface area contributed by atoms with Gasteiger partial charge in [0.15, 0.2) is 0 Å². The first-order valence-electron chi connectivity index (χ1n) is 24.2. The van der Waals surface area contributed by atoms with Crippen molar-refractivity contribution in [3.05, 3.63) is 35.5 Å². The van der Waals surface area contributed by atoms with Crippen molar-refractivity contribution in [2.24, 2.45) is 23.2 Å². The fourth-order valence-electron chi connectivity index (χ4n) is 8.19. The second kappa shape index (κ2) is 38.6. The number of unbranched alkanes of at least 4 members (excludes halogenated alkanes) is 5. The van der Waals surface area contributed by atoms with Crippen molar-refractivity contribution in [1.29, 1.82) is 0 Å². The smallest absolute Gasteiger partial charge is 0.0575 e. The molecule has 1 N–H and O–H groups in total. The predicted molar refractivity (Wildman–Crippen MR) is 250 cm³/mol. The van der Waals surface area contributed by atoms with Crippen LogP contribution in [0.15, 0.2) is 35.5 Å². The van der Waals surface area contributed by atoms with Gasteiger partial charge in [-0.2, -0.15) is 0 Å². The SMILES string of the molecule is C=C(CCCCCCC)CCCC(CCCC(C)CCC=C(C)C)OCCC(C)CCC=C(C)C.CC.CCCCC12CCC(CC1)CC2.CN(C)CCO. The molecule has 0 aromatic rings. The van der Waals surface area contributed by atoms with Gasteiger partial charge in [0.2, 0.25) is 0 Å². The van der Waals surface area contributed by atoms with E-state index in [9.17, 15) is 0 Å². The van der Waals surface area contributed by atoms with Crippen LogP contribution in [-0.2, 0) is 4.74 Å². The molecule has 0 radical (unpaired) electrons. The van der Waals surface area contributed by atoms with Crippen molar-refractivity contribution >= 4 is 0 Å². The molecule has 0 heterocycles. The number of allylic oxidation sites excluding steroid dienone is 5. The lowest BCUT2D eigenvalue weighted by molar-refractivity contribution is 0.0307. The highest BCUT2D eigenvalue weighted by Gasteiger charge is 2.39. The van der Waals surface area contributed by atoms with E-state index in [1.54, 1.807) is 38.5 Å². The Bertz CT molecular complexity index is 839. The van der Waals surface area contributed by atoms with Crippen molar-refractivity contribution in [2.45, 2.75) is 242 Å². The molecule has 3 atom stereocenters. The van der Waals surface area contributed by atoms with Crippen LogP contribution in [0.5, 0.6) is 0 Å². The largest absolute Gasteiger partial charge is 0.395 e. The first-order valence-corrected chi connectivity index (χ1v) is 24.2. The summed E-state index contributed by atoms with van der Waals surface area (Å²) >= 11 is 0. The number of nitrogens with zero attached hydrogens (tertiary/aromatic N) is 1. The van der Waals surface area contributed by atoms with Crippen LogP contribution < -0.4 is 0 Å². The van der Waals surface area contributed by atoms with Gasteiger partial charge in [-0.05, 0) is 181 Å². The molecular weight excluding hydrogens is 671 g/mol. The molecule has 0 saturated heterocycles. The van der Waals surface area contributed by atoms with Gasteiger partial charge in [0.05, 0.1) is 12.7 Å². The Labute approximate surface area is 348 Å². The van der Waals surface area contributed by atoms with Crippen LogP contribution in [0.3, 0.4) is 0 Å². The second-order valence-electron chi connectivity index (χ2n) is 18.6. The third-order valence-corrected chi connectivity index (χ3v) is 12.2. The maximum absolute atomic E-state index is 8.20. The first kappa shape index (κ1) is 56.2. The number of hydrogen-bond donors (Lipinski definition) is 1. The molecule has 0 aliphatic heterocycles. The average molecular weight is 774 g/mol. The van der Waals surface area contributed by atoms with Crippen LogP contribution in [0, 0.1) is 23.2 Å². The monoisotopic (exact) mass is 774 g/mol. The summed E-state index contributed by atoms with van der Waals surface area (Å²) in [6, 6.07) is 0. The lowest BCUT2D eigenvalue weighted by atomic mass is 9.59. The topological polar surface area (TPSA) is 32.7 Å². The van der Waals surface area contributed by atoms with Crippen LogP contribution in [0.1, 0.15) is 236 Å². The molecule has 55 heavy (non-hydrogen) atoms. The summed E-state index contributed by atoms with van der Waals surface area (Å²) in [7, 11) is 3.85. The van der Waals surface area contributed by atoms with E-state index >= 15 is 0 Å². The van der Waals surface area contributed by atoms with Crippen LogP contribution >= 0.6 is 0 Å². The first-order chi connectivity index (χ1) is 26.4. The molecule has 3 saturated carbocycles. The van der Waals surface area contributed by atoms with Crippen molar-refractivity contribution in [2.75, 3.05) is 33.9 Å². The van der Waals surface area contributed by atoms with Crippen LogP contribution in [-0.4, -0.2) is 50.0 Å². The molecule has 0 aromatic carbocycles. The Morgan fingerprint density at radius 3 is 1.71 bits per heavy atom. The van der Waals surface area contributed by atoms with Crippen molar-refractivity contribution < 1.29 is 9.84 Å². The fraction of sp³-hybridized carbons (Fsp3) is 0.885. The molecular formula is C52H103NO2. The third-order valence-electron chi connectivity index (χ3n) is 12.2. The van der Waals surface area contributed by atoms with Gasteiger partial charge in [0.1, 0.15) is 0 Å². The number of ether oxygens (including phenoxy) is 1. The molecule has 3 nitrogen and oxygen atoms in total. The summed E-state index contributed by atoms with van der Waals surface area (Å²) in [4.78, 5) is 1.93. The lowest BCUT2D eigenvalue weighted by Crippen LogP contribution is -2.33. The van der Waals surface area contributed by atoms with Gasteiger partial charge in [-0.15, -0.1) is 0 Å². The Kier molecular flexibility index (Phi) is 39.4. The van der Waals surface area contributed by atoms with Crippen LogP contribution in [0.4, 0.5) is 0 Å². The molecule has 3 rings (SSSR count). The molecule has 0 aromatic heterocycles. The van der Waals surface area contributed by atoms with Gasteiger partial charge in [-0.1, -0.05) is 128 Å². The average Bonchev–Trinajstić information content (AvgIpc) is 3.15. The van der Waals surface area contributed by atoms with Gasteiger partial charge in [0, 0.05) is 13.2 Å². The van der Waals surface area contributed by atoms with Crippen LogP contribution in [0.25, 0.3) is 0 Å². The van der Waals surface area contributed by atoms with Gasteiger partial charge >= 0.3 is 0 Å². The molecule has 2 bridgehead atoms. The molecule has 3 heteroatoms. The molecule has 3 aliphatic rings. The summed E-state index contributed by atoms with van der Waals surface area (Å²) in [5.41, 5.74) is 5.18. The van der Waals surface area contributed by atoms with E-state index < -0.39 is 0 Å². The molecule has 0 spiro atoms. The van der Waals surface area contributed by atoms with Gasteiger partial charge < -0.3 is 14.7 Å². The van der Waals surface area contributed by atoms with Crippen LogP contribution in [0.2, 0.25) is 0 Å². The molecule has 3 aliphatic carbocycles. The number of aliphatic hydroxyl groups is 1. The van der Waals surface area contributed by atoms with E-state index in [2.05, 4.69) is 74.1 Å².